The van der Waals surface area contributed by atoms with Crippen molar-refractivity contribution >= 4 is 51.5 Å². The van der Waals surface area contributed by atoms with Crippen LogP contribution in [0.15, 0.2) is 95.7 Å². The molecule has 0 bridgehead atoms. The van der Waals surface area contributed by atoms with Gasteiger partial charge in [0.15, 0.2) is 0 Å². The van der Waals surface area contributed by atoms with Crippen molar-refractivity contribution in [1.29, 1.82) is 0 Å². The van der Waals surface area contributed by atoms with Gasteiger partial charge in [-0.3, -0.25) is 9.59 Å². The van der Waals surface area contributed by atoms with E-state index in [2.05, 4.69) is 5.32 Å². The molecule has 0 radical (unpaired) electrons. The number of hydrogen-bond donors (Lipinski definition) is 1. The molecule has 2 amide bonds. The number of benzene rings is 4. The summed E-state index contributed by atoms with van der Waals surface area (Å²) in [5, 5.41) is 4.54. The van der Waals surface area contributed by atoms with Gasteiger partial charge in [0.05, 0.1) is 11.3 Å². The lowest BCUT2D eigenvalue weighted by molar-refractivity contribution is -0.120. The summed E-state index contributed by atoms with van der Waals surface area (Å²) in [7, 11) is 0. The maximum absolute atomic E-state index is 13.1. The van der Waals surface area contributed by atoms with Crippen LogP contribution in [0.1, 0.15) is 21.5 Å². The van der Waals surface area contributed by atoms with Gasteiger partial charge in [-0.25, -0.2) is 9.69 Å². The van der Waals surface area contributed by atoms with E-state index in [-0.39, 0.29) is 10.7 Å². The zero-order valence-electron chi connectivity index (χ0n) is 19.5. The van der Waals surface area contributed by atoms with Gasteiger partial charge in [-0.15, -0.1) is 0 Å². The van der Waals surface area contributed by atoms with Crippen LogP contribution in [-0.2, 0) is 9.59 Å². The second-order valence-electron chi connectivity index (χ2n) is 8.42. The number of hydrogen-bond acceptors (Lipinski definition) is 5. The molecule has 1 aliphatic rings. The summed E-state index contributed by atoms with van der Waals surface area (Å²) in [6, 6.07) is 25.0. The molecule has 1 aliphatic heterocycles. The topological polar surface area (TPSA) is 75.7 Å². The number of carbonyl (C=O) groups excluding carboxylic acids is 3. The second-order valence-corrected chi connectivity index (χ2v) is 8.80. The van der Waals surface area contributed by atoms with Gasteiger partial charge >= 0.3 is 5.97 Å². The van der Waals surface area contributed by atoms with E-state index in [0.29, 0.717) is 22.7 Å². The highest BCUT2D eigenvalue weighted by Gasteiger charge is 2.39. The van der Waals surface area contributed by atoms with Crippen molar-refractivity contribution in [2.75, 3.05) is 10.2 Å². The van der Waals surface area contributed by atoms with Gasteiger partial charge in [0, 0.05) is 11.1 Å². The van der Waals surface area contributed by atoms with Crippen LogP contribution >= 0.6 is 11.6 Å². The maximum Gasteiger partial charge on any atom is 0.343 e. The molecule has 178 valence electrons. The Morgan fingerprint density at radius 3 is 2.31 bits per heavy atom. The van der Waals surface area contributed by atoms with Crippen LogP contribution in [0.2, 0.25) is 0 Å². The summed E-state index contributed by atoms with van der Waals surface area (Å²) in [4.78, 5) is 39.7. The second kappa shape index (κ2) is 9.32. The number of nitrogens with one attached hydrogen (secondary N) is 1. The van der Waals surface area contributed by atoms with E-state index < -0.39 is 17.8 Å². The van der Waals surface area contributed by atoms with Gasteiger partial charge in [-0.05, 0) is 66.8 Å². The minimum Gasteiger partial charge on any atom is -0.422 e. The Labute approximate surface area is 212 Å². The number of rotatable bonds is 5. The average molecular weight is 497 g/mol. The molecule has 0 aromatic heterocycles. The van der Waals surface area contributed by atoms with E-state index in [1.165, 1.54) is 0 Å². The highest BCUT2D eigenvalue weighted by Crippen LogP contribution is 2.33. The summed E-state index contributed by atoms with van der Waals surface area (Å²) in [6.45, 7) is 3.76. The van der Waals surface area contributed by atoms with Crippen molar-refractivity contribution < 1.29 is 19.1 Å². The van der Waals surface area contributed by atoms with Gasteiger partial charge in [-0.2, -0.15) is 0 Å². The van der Waals surface area contributed by atoms with Crippen LogP contribution in [0, 0.1) is 13.8 Å². The molecule has 4 aromatic carbocycles. The van der Waals surface area contributed by atoms with Crippen LogP contribution in [0.3, 0.4) is 0 Å². The number of aryl methyl sites for hydroxylation is 1. The lowest BCUT2D eigenvalue weighted by Gasteiger charge is -2.18. The fourth-order valence-corrected chi connectivity index (χ4v) is 4.30. The van der Waals surface area contributed by atoms with E-state index >= 15 is 0 Å². The molecular formula is C29H21ClN2O4. The summed E-state index contributed by atoms with van der Waals surface area (Å²) in [6.07, 6.45) is 0. The first kappa shape index (κ1) is 23.3. The van der Waals surface area contributed by atoms with E-state index in [0.717, 1.165) is 26.8 Å². The average Bonchev–Trinajstić information content (AvgIpc) is 3.09. The summed E-state index contributed by atoms with van der Waals surface area (Å²) < 4.78 is 5.62. The Hall–Kier alpha value is -4.42. The van der Waals surface area contributed by atoms with E-state index in [9.17, 15) is 14.4 Å². The number of fused-ring (bicyclic) bond motifs is 1. The zero-order valence-corrected chi connectivity index (χ0v) is 20.3. The van der Waals surface area contributed by atoms with Gasteiger partial charge in [0.25, 0.3) is 11.8 Å². The number of nitrogens with zero attached hydrogens (tertiary/aromatic N) is 1. The van der Waals surface area contributed by atoms with Crippen LogP contribution in [-0.4, -0.2) is 17.8 Å². The molecule has 0 saturated carbocycles. The standard InChI is InChI=1S/C29H21ClN2O4/c1-17-7-5-11-23(18(17)2)32-27(33)25(30)26(28(32)34)31-21-15-13-20(14-16-21)29(35)36-24-12-6-9-19-8-3-4-10-22(19)24/h3-16,31H,1-2H3. The molecule has 0 fully saturated rings. The number of halogens is 1. The molecule has 0 aliphatic carbocycles. The molecule has 0 atom stereocenters. The first-order chi connectivity index (χ1) is 17.3. The van der Waals surface area contributed by atoms with E-state index in [4.69, 9.17) is 16.3 Å². The number of imide groups is 1. The highest BCUT2D eigenvalue weighted by atomic mass is 35.5. The third kappa shape index (κ3) is 4.12. The van der Waals surface area contributed by atoms with Gasteiger partial charge < -0.3 is 10.1 Å². The third-order valence-corrected chi connectivity index (χ3v) is 6.54. The monoisotopic (exact) mass is 496 g/mol. The highest BCUT2D eigenvalue weighted by molar-refractivity contribution is 6.53. The van der Waals surface area contributed by atoms with E-state index in [1.54, 1.807) is 42.5 Å². The predicted octanol–water partition coefficient (Wildman–Crippen LogP) is 6.11. The fourth-order valence-electron chi connectivity index (χ4n) is 4.09. The number of anilines is 2. The summed E-state index contributed by atoms with van der Waals surface area (Å²) in [5.41, 5.74) is 3.07. The number of amides is 2. The fraction of sp³-hybridized carbons (Fsp3) is 0.0690. The lowest BCUT2D eigenvalue weighted by Crippen LogP contribution is -2.33. The predicted molar refractivity (Wildman–Crippen MR) is 140 cm³/mol. The van der Waals surface area contributed by atoms with Gasteiger partial charge in [-0.1, -0.05) is 60.1 Å². The van der Waals surface area contributed by atoms with Crippen molar-refractivity contribution in [2.24, 2.45) is 0 Å². The van der Waals surface area contributed by atoms with Gasteiger partial charge in [0.1, 0.15) is 16.5 Å². The molecule has 7 heteroatoms. The smallest absolute Gasteiger partial charge is 0.343 e. The Morgan fingerprint density at radius 1 is 0.833 bits per heavy atom. The molecule has 1 heterocycles. The Kier molecular flexibility index (Phi) is 6.04. The normalized spacial score (nSPS) is 13.5. The molecule has 1 N–H and O–H groups in total. The van der Waals surface area contributed by atoms with Crippen molar-refractivity contribution in [2.45, 2.75) is 13.8 Å². The number of esters is 1. The summed E-state index contributed by atoms with van der Waals surface area (Å²) >= 11 is 6.26. The first-order valence-corrected chi connectivity index (χ1v) is 11.6. The zero-order chi connectivity index (χ0) is 25.4. The first-order valence-electron chi connectivity index (χ1n) is 11.3. The van der Waals surface area contributed by atoms with Crippen LogP contribution in [0.5, 0.6) is 5.75 Å². The minimum absolute atomic E-state index is 0.0198. The Morgan fingerprint density at radius 2 is 1.53 bits per heavy atom. The molecule has 36 heavy (non-hydrogen) atoms. The molecule has 0 saturated heterocycles. The SMILES string of the molecule is Cc1cccc(N2C(=O)C(Cl)=C(Nc3ccc(C(=O)Oc4cccc5ccccc45)cc3)C2=O)c1C. The minimum atomic E-state index is -0.590. The third-order valence-electron chi connectivity index (χ3n) is 6.19. The largest absolute Gasteiger partial charge is 0.422 e. The number of ether oxygens (including phenoxy) is 1. The molecule has 5 rings (SSSR count). The maximum atomic E-state index is 13.1. The lowest BCUT2D eigenvalue weighted by atomic mass is 10.1. The Balaban J connectivity index is 1.33. The van der Waals surface area contributed by atoms with Crippen molar-refractivity contribution in [3.05, 3.63) is 112 Å². The Bertz CT molecular complexity index is 1570. The summed E-state index contributed by atoms with van der Waals surface area (Å²) in [5.74, 6) is -1.17. The molecule has 6 nitrogen and oxygen atoms in total. The molecular weight excluding hydrogens is 476 g/mol. The van der Waals surface area contributed by atoms with Crippen molar-refractivity contribution in [3.63, 3.8) is 0 Å². The molecule has 0 unspecified atom stereocenters. The number of carbonyl (C=O) groups is 3. The van der Waals surface area contributed by atoms with Gasteiger partial charge in [0.2, 0.25) is 0 Å². The molecule has 0 spiro atoms. The van der Waals surface area contributed by atoms with Crippen molar-refractivity contribution in [1.82, 2.24) is 0 Å². The van der Waals surface area contributed by atoms with Crippen LogP contribution < -0.4 is 15.0 Å². The van der Waals surface area contributed by atoms with E-state index in [1.807, 2.05) is 56.3 Å². The quantitative estimate of drug-likeness (QED) is 0.205. The van der Waals surface area contributed by atoms with Crippen LogP contribution in [0.4, 0.5) is 11.4 Å². The molecule has 4 aromatic rings. The van der Waals surface area contributed by atoms with Crippen molar-refractivity contribution in [3.8, 4) is 5.75 Å². The van der Waals surface area contributed by atoms with Crippen LogP contribution in [0.25, 0.3) is 10.8 Å².